The zero-order chi connectivity index (χ0) is 23.5. The molecule has 2 aromatic carbocycles. The third-order valence-electron chi connectivity index (χ3n) is 6.80. The molecule has 0 aliphatic carbocycles. The van der Waals surface area contributed by atoms with Crippen molar-refractivity contribution in [2.45, 2.75) is 45.6 Å². The highest BCUT2D eigenvalue weighted by atomic mass is 35.5. The molecule has 1 saturated heterocycles. The van der Waals surface area contributed by atoms with Crippen LogP contribution in [0, 0.1) is 5.92 Å². The minimum atomic E-state index is -0.0315. The minimum absolute atomic E-state index is 0.0315. The highest BCUT2D eigenvalue weighted by molar-refractivity contribution is 6.30. The predicted octanol–water partition coefficient (Wildman–Crippen LogP) is 6.08. The Hall–Kier alpha value is -3.05. The Kier molecular flexibility index (Phi) is 6.73. The molecule has 0 N–H and O–H groups in total. The molecular formula is C28H31ClN4O. The van der Waals surface area contributed by atoms with Gasteiger partial charge in [-0.3, -0.25) is 13.8 Å². The smallest absolute Gasteiger partial charge is 0.261 e. The number of imidazole rings is 1. The Morgan fingerprint density at radius 1 is 1.06 bits per heavy atom. The standard InChI is InChI=1S/C28H31ClN4O/c1-2-3-7-15-32-26(31-16-14-22(19-31)17-21-8-5-4-6-9-21)18-27(34)33-20-25(30-28(32)33)23-10-12-24(29)13-11-23/h4-6,8-13,18,20,22H,2-3,7,14-17,19H2,1H3. The fourth-order valence-corrected chi connectivity index (χ4v) is 5.12. The molecule has 34 heavy (non-hydrogen) atoms. The van der Waals surface area contributed by atoms with Gasteiger partial charge in [-0.15, -0.1) is 0 Å². The maximum atomic E-state index is 13.2. The highest BCUT2D eigenvalue weighted by Gasteiger charge is 2.26. The summed E-state index contributed by atoms with van der Waals surface area (Å²) < 4.78 is 3.94. The molecule has 5 nitrogen and oxygen atoms in total. The SMILES string of the molecule is CCCCCn1c(N2CCC(Cc3ccccc3)C2)cc(=O)n2cc(-c3ccc(Cl)cc3)nc12. The van der Waals surface area contributed by atoms with E-state index in [2.05, 4.69) is 46.7 Å². The lowest BCUT2D eigenvalue weighted by atomic mass is 9.99. The maximum absolute atomic E-state index is 13.2. The molecule has 1 unspecified atom stereocenters. The Balaban J connectivity index is 1.49. The van der Waals surface area contributed by atoms with Crippen molar-refractivity contribution in [3.05, 3.63) is 87.8 Å². The van der Waals surface area contributed by atoms with Crippen LogP contribution in [0.25, 0.3) is 17.0 Å². The number of hydrogen-bond donors (Lipinski definition) is 0. The summed E-state index contributed by atoms with van der Waals surface area (Å²) >= 11 is 6.07. The van der Waals surface area contributed by atoms with Crippen molar-refractivity contribution >= 4 is 23.2 Å². The van der Waals surface area contributed by atoms with Crippen molar-refractivity contribution in [1.82, 2.24) is 14.0 Å². The van der Waals surface area contributed by atoms with Gasteiger partial charge in [-0.2, -0.15) is 0 Å². The van der Waals surface area contributed by atoms with E-state index >= 15 is 0 Å². The number of aromatic nitrogens is 3. The summed E-state index contributed by atoms with van der Waals surface area (Å²) in [6, 6.07) is 20.1. The third-order valence-corrected chi connectivity index (χ3v) is 7.05. The number of unbranched alkanes of at least 4 members (excludes halogenated alkanes) is 2. The van der Waals surface area contributed by atoms with E-state index in [1.165, 1.54) is 5.56 Å². The van der Waals surface area contributed by atoms with Gasteiger partial charge in [0.15, 0.2) is 0 Å². The molecule has 0 amide bonds. The van der Waals surface area contributed by atoms with E-state index in [9.17, 15) is 4.79 Å². The van der Waals surface area contributed by atoms with E-state index in [0.717, 1.165) is 74.6 Å². The number of benzene rings is 2. The first-order valence-corrected chi connectivity index (χ1v) is 12.7. The third kappa shape index (κ3) is 4.76. The molecule has 4 aromatic rings. The number of halogens is 1. The van der Waals surface area contributed by atoms with Crippen molar-refractivity contribution in [2.75, 3.05) is 18.0 Å². The summed E-state index contributed by atoms with van der Waals surface area (Å²) in [5.41, 5.74) is 3.10. The van der Waals surface area contributed by atoms with Gasteiger partial charge in [0.2, 0.25) is 5.78 Å². The van der Waals surface area contributed by atoms with Crippen LogP contribution in [-0.2, 0) is 13.0 Å². The summed E-state index contributed by atoms with van der Waals surface area (Å²) in [4.78, 5) is 20.5. The van der Waals surface area contributed by atoms with Crippen molar-refractivity contribution < 1.29 is 0 Å². The fourth-order valence-electron chi connectivity index (χ4n) is 4.99. The molecule has 0 bridgehead atoms. The van der Waals surface area contributed by atoms with Crippen molar-refractivity contribution in [3.8, 4) is 11.3 Å². The van der Waals surface area contributed by atoms with Crippen LogP contribution in [0.15, 0.2) is 71.7 Å². The number of nitrogens with zero attached hydrogens (tertiary/aromatic N) is 4. The second-order valence-electron chi connectivity index (χ2n) is 9.29. The highest BCUT2D eigenvalue weighted by Crippen LogP contribution is 2.28. The Bertz CT molecular complexity index is 1310. The van der Waals surface area contributed by atoms with Gasteiger partial charge in [0, 0.05) is 42.5 Å². The molecule has 1 aliphatic rings. The summed E-state index contributed by atoms with van der Waals surface area (Å²) in [5, 5.41) is 0.688. The normalized spacial score (nSPS) is 15.9. The molecule has 1 fully saturated rings. The topological polar surface area (TPSA) is 42.5 Å². The minimum Gasteiger partial charge on any atom is -0.357 e. The molecule has 0 spiro atoms. The Morgan fingerprint density at radius 3 is 2.62 bits per heavy atom. The molecule has 2 aromatic heterocycles. The second-order valence-corrected chi connectivity index (χ2v) is 9.73. The van der Waals surface area contributed by atoms with Crippen LogP contribution in [0.2, 0.25) is 5.02 Å². The summed E-state index contributed by atoms with van der Waals surface area (Å²) in [5.74, 6) is 2.30. The maximum Gasteiger partial charge on any atom is 0.261 e. The summed E-state index contributed by atoms with van der Waals surface area (Å²) in [6.07, 6.45) is 7.42. The van der Waals surface area contributed by atoms with Crippen LogP contribution in [0.3, 0.4) is 0 Å². The number of anilines is 1. The summed E-state index contributed by atoms with van der Waals surface area (Å²) in [6.45, 7) is 4.99. The molecule has 0 saturated carbocycles. The summed E-state index contributed by atoms with van der Waals surface area (Å²) in [7, 11) is 0. The second kappa shape index (κ2) is 10.1. The largest absolute Gasteiger partial charge is 0.357 e. The number of fused-ring (bicyclic) bond motifs is 1. The van der Waals surface area contributed by atoms with E-state index < -0.39 is 0 Å². The van der Waals surface area contributed by atoms with Crippen LogP contribution >= 0.6 is 11.6 Å². The van der Waals surface area contributed by atoms with Gasteiger partial charge in [0.25, 0.3) is 5.56 Å². The quantitative estimate of drug-likeness (QED) is 0.291. The molecule has 5 rings (SSSR count). The number of rotatable bonds is 8. The molecule has 1 atom stereocenters. The first-order valence-electron chi connectivity index (χ1n) is 12.3. The molecule has 6 heteroatoms. The van der Waals surface area contributed by atoms with Crippen LogP contribution in [-0.4, -0.2) is 27.0 Å². The molecule has 0 radical (unpaired) electrons. The first kappa shape index (κ1) is 22.7. The molecule has 3 heterocycles. The van der Waals surface area contributed by atoms with Gasteiger partial charge in [-0.1, -0.05) is 73.8 Å². The first-order chi connectivity index (χ1) is 16.6. The van der Waals surface area contributed by atoms with E-state index in [-0.39, 0.29) is 5.56 Å². The fraction of sp³-hybridized carbons (Fsp3) is 0.357. The molecular weight excluding hydrogens is 444 g/mol. The Labute approximate surface area is 205 Å². The lowest BCUT2D eigenvalue weighted by molar-refractivity contribution is 0.578. The van der Waals surface area contributed by atoms with E-state index in [1.807, 2.05) is 30.5 Å². The molecule has 176 valence electrons. The van der Waals surface area contributed by atoms with Crippen molar-refractivity contribution in [2.24, 2.45) is 5.92 Å². The van der Waals surface area contributed by atoms with Gasteiger partial charge < -0.3 is 4.90 Å². The lowest BCUT2D eigenvalue weighted by Crippen LogP contribution is -2.28. The zero-order valence-electron chi connectivity index (χ0n) is 19.7. The van der Waals surface area contributed by atoms with Gasteiger partial charge in [0.05, 0.1) is 5.69 Å². The van der Waals surface area contributed by atoms with Crippen LogP contribution in [0.4, 0.5) is 5.82 Å². The average molecular weight is 475 g/mol. The van der Waals surface area contributed by atoms with Gasteiger partial charge in [-0.05, 0) is 42.9 Å². The van der Waals surface area contributed by atoms with Gasteiger partial charge in [-0.25, -0.2) is 4.98 Å². The van der Waals surface area contributed by atoms with E-state index in [4.69, 9.17) is 16.6 Å². The van der Waals surface area contributed by atoms with Gasteiger partial charge in [0.1, 0.15) is 5.82 Å². The number of aryl methyl sites for hydroxylation is 1. The Morgan fingerprint density at radius 2 is 1.85 bits per heavy atom. The molecule has 1 aliphatic heterocycles. The number of hydrogen-bond acceptors (Lipinski definition) is 3. The zero-order valence-corrected chi connectivity index (χ0v) is 20.4. The van der Waals surface area contributed by atoms with E-state index in [0.29, 0.717) is 10.9 Å². The van der Waals surface area contributed by atoms with Crippen LogP contribution < -0.4 is 10.5 Å². The van der Waals surface area contributed by atoms with Crippen molar-refractivity contribution in [3.63, 3.8) is 0 Å². The van der Waals surface area contributed by atoms with E-state index in [1.54, 1.807) is 10.5 Å². The predicted molar refractivity (Wildman–Crippen MR) is 140 cm³/mol. The monoisotopic (exact) mass is 474 g/mol. The average Bonchev–Trinajstić information content (AvgIpc) is 3.50. The lowest BCUT2D eigenvalue weighted by Gasteiger charge is -2.24. The van der Waals surface area contributed by atoms with Crippen LogP contribution in [0.1, 0.15) is 38.2 Å². The van der Waals surface area contributed by atoms with Crippen molar-refractivity contribution in [1.29, 1.82) is 0 Å². The van der Waals surface area contributed by atoms with Crippen LogP contribution in [0.5, 0.6) is 0 Å². The van der Waals surface area contributed by atoms with Gasteiger partial charge >= 0.3 is 0 Å².